The highest BCUT2D eigenvalue weighted by atomic mass is 32.2. The molecule has 5 heteroatoms. The predicted octanol–water partition coefficient (Wildman–Crippen LogP) is 3.04. The molecule has 1 atom stereocenters. The molecule has 2 rings (SSSR count). The minimum atomic E-state index is -4.25. The van der Waals surface area contributed by atoms with Crippen LogP contribution in [0.5, 0.6) is 0 Å². The number of hydrogen-bond donors (Lipinski definition) is 1. The van der Waals surface area contributed by atoms with Gasteiger partial charge < -0.3 is 5.32 Å². The molecule has 0 spiro atoms. The molecule has 1 fully saturated rings. The Kier molecular flexibility index (Phi) is 2.93. The molecule has 0 unspecified atom stereocenters. The van der Waals surface area contributed by atoms with E-state index < -0.39 is 11.7 Å². The van der Waals surface area contributed by atoms with Crippen LogP contribution in [0.3, 0.4) is 0 Å². The summed E-state index contributed by atoms with van der Waals surface area (Å²) in [5.41, 5.74) is 0.127. The molecule has 1 aliphatic rings. The normalized spacial score (nSPS) is 21.9. The lowest BCUT2D eigenvalue weighted by molar-refractivity contribution is -0.137. The molecule has 1 heterocycles. The van der Waals surface area contributed by atoms with Crippen LogP contribution >= 0.6 is 11.8 Å². The second kappa shape index (κ2) is 4.06. The van der Waals surface area contributed by atoms with E-state index in [1.807, 2.05) is 0 Å². The average Bonchev–Trinajstić information content (AvgIpc) is 2.69. The van der Waals surface area contributed by atoms with Gasteiger partial charge in [0.1, 0.15) is 0 Å². The number of nitrogens with one attached hydrogen (secondary N) is 1. The van der Waals surface area contributed by atoms with E-state index in [0.29, 0.717) is 5.56 Å². The molecule has 0 bridgehead atoms. The van der Waals surface area contributed by atoms with Crippen LogP contribution in [0.4, 0.5) is 13.2 Å². The van der Waals surface area contributed by atoms with Crippen LogP contribution in [-0.4, -0.2) is 12.3 Å². The first-order valence-corrected chi connectivity index (χ1v) is 5.64. The molecule has 0 radical (unpaired) electrons. The van der Waals surface area contributed by atoms with Gasteiger partial charge in [0.2, 0.25) is 0 Å². The fourth-order valence-electron chi connectivity index (χ4n) is 1.52. The summed E-state index contributed by atoms with van der Waals surface area (Å²) in [5, 5.41) is 3.15. The second-order valence-electron chi connectivity index (χ2n) is 3.33. The lowest BCUT2D eigenvalue weighted by Crippen LogP contribution is -2.13. The molecule has 1 aromatic rings. The lowest BCUT2D eigenvalue weighted by atomic mass is 10.1. The quantitative estimate of drug-likeness (QED) is 0.800. The molecule has 1 aromatic carbocycles. The van der Waals surface area contributed by atoms with Gasteiger partial charge in [0.15, 0.2) is 0 Å². The summed E-state index contributed by atoms with van der Waals surface area (Å²) in [5.74, 6) is 0.945. The van der Waals surface area contributed by atoms with Gasteiger partial charge in [0, 0.05) is 12.3 Å². The van der Waals surface area contributed by atoms with Crippen LogP contribution in [0.15, 0.2) is 24.3 Å². The van der Waals surface area contributed by atoms with E-state index in [2.05, 4.69) is 5.32 Å². The molecule has 1 saturated heterocycles. The van der Waals surface area contributed by atoms with Crippen molar-refractivity contribution in [1.29, 1.82) is 0 Å². The van der Waals surface area contributed by atoms with Crippen LogP contribution in [0.2, 0.25) is 0 Å². The third-order valence-electron chi connectivity index (χ3n) is 2.23. The molecule has 0 saturated carbocycles. The highest BCUT2D eigenvalue weighted by Crippen LogP contribution is 2.34. The Morgan fingerprint density at radius 2 is 2.13 bits per heavy atom. The van der Waals surface area contributed by atoms with Gasteiger partial charge in [0.25, 0.3) is 0 Å². The van der Waals surface area contributed by atoms with Gasteiger partial charge in [-0.3, -0.25) is 0 Å². The summed E-state index contributed by atoms with van der Waals surface area (Å²) in [4.78, 5) is 0. The van der Waals surface area contributed by atoms with Crippen LogP contribution < -0.4 is 5.32 Å². The smallest absolute Gasteiger partial charge is 0.301 e. The van der Waals surface area contributed by atoms with E-state index >= 15 is 0 Å². The van der Waals surface area contributed by atoms with Crippen molar-refractivity contribution >= 4 is 11.8 Å². The molecule has 0 aliphatic carbocycles. The van der Waals surface area contributed by atoms with E-state index in [1.165, 1.54) is 12.1 Å². The first kappa shape index (κ1) is 10.8. The highest BCUT2D eigenvalue weighted by Gasteiger charge is 2.31. The number of rotatable bonds is 1. The zero-order chi connectivity index (χ0) is 10.9. The predicted molar refractivity (Wildman–Crippen MR) is 54.6 cm³/mol. The van der Waals surface area contributed by atoms with E-state index in [-0.39, 0.29) is 5.37 Å². The fourth-order valence-corrected chi connectivity index (χ4v) is 2.56. The van der Waals surface area contributed by atoms with Crippen molar-refractivity contribution in [2.45, 2.75) is 11.6 Å². The monoisotopic (exact) mass is 233 g/mol. The SMILES string of the molecule is FC(F)(F)c1cccc([C@@H]2NCCS2)c1. The van der Waals surface area contributed by atoms with E-state index in [9.17, 15) is 13.2 Å². The van der Waals surface area contributed by atoms with Gasteiger partial charge >= 0.3 is 6.18 Å². The fraction of sp³-hybridized carbons (Fsp3) is 0.400. The number of alkyl halides is 3. The molecule has 1 nitrogen and oxygen atoms in total. The van der Waals surface area contributed by atoms with Crippen molar-refractivity contribution in [2.75, 3.05) is 12.3 Å². The number of thioether (sulfide) groups is 1. The van der Waals surface area contributed by atoms with Gasteiger partial charge in [0.05, 0.1) is 10.9 Å². The molecule has 0 amide bonds. The van der Waals surface area contributed by atoms with E-state index in [4.69, 9.17) is 0 Å². The van der Waals surface area contributed by atoms with Crippen molar-refractivity contribution in [3.05, 3.63) is 35.4 Å². The van der Waals surface area contributed by atoms with Gasteiger partial charge in [-0.25, -0.2) is 0 Å². The van der Waals surface area contributed by atoms with Gasteiger partial charge in [-0.1, -0.05) is 12.1 Å². The Bertz CT molecular complexity index is 345. The van der Waals surface area contributed by atoms with Crippen molar-refractivity contribution in [1.82, 2.24) is 5.32 Å². The Morgan fingerprint density at radius 1 is 1.33 bits per heavy atom. The van der Waals surface area contributed by atoms with Crippen LogP contribution in [-0.2, 0) is 6.18 Å². The molecule has 82 valence electrons. The topological polar surface area (TPSA) is 12.0 Å². The zero-order valence-electron chi connectivity index (χ0n) is 7.84. The van der Waals surface area contributed by atoms with Crippen molar-refractivity contribution in [3.63, 3.8) is 0 Å². The minimum absolute atomic E-state index is 0.00676. The third-order valence-corrected chi connectivity index (χ3v) is 3.45. The molecular weight excluding hydrogens is 223 g/mol. The van der Waals surface area contributed by atoms with E-state index in [1.54, 1.807) is 17.8 Å². The maximum Gasteiger partial charge on any atom is 0.416 e. The highest BCUT2D eigenvalue weighted by molar-refractivity contribution is 7.99. The Balaban J connectivity index is 2.26. The maximum absolute atomic E-state index is 12.4. The Hall–Kier alpha value is -0.680. The van der Waals surface area contributed by atoms with Gasteiger partial charge in [-0.15, -0.1) is 11.8 Å². The Labute approximate surface area is 90.1 Å². The first-order valence-electron chi connectivity index (χ1n) is 4.59. The third kappa shape index (κ3) is 2.46. The molecule has 1 aliphatic heterocycles. The summed E-state index contributed by atoms with van der Waals surface area (Å²) >= 11 is 1.64. The van der Waals surface area contributed by atoms with Gasteiger partial charge in [-0.2, -0.15) is 13.2 Å². The lowest BCUT2D eigenvalue weighted by Gasteiger charge is -2.12. The summed E-state index contributed by atoms with van der Waals surface area (Å²) in [6, 6.07) is 5.50. The maximum atomic E-state index is 12.4. The van der Waals surface area contributed by atoms with Crippen molar-refractivity contribution < 1.29 is 13.2 Å². The van der Waals surface area contributed by atoms with Crippen LogP contribution in [0, 0.1) is 0 Å². The summed E-state index contributed by atoms with van der Waals surface area (Å²) < 4.78 is 37.3. The molecule has 0 aromatic heterocycles. The molecule has 15 heavy (non-hydrogen) atoms. The zero-order valence-corrected chi connectivity index (χ0v) is 8.66. The summed E-state index contributed by atoms with van der Waals surface area (Å²) in [6.45, 7) is 0.853. The number of hydrogen-bond acceptors (Lipinski definition) is 2. The van der Waals surface area contributed by atoms with Crippen molar-refractivity contribution in [3.8, 4) is 0 Å². The standard InChI is InChI=1S/C10H10F3NS/c11-10(12,13)8-3-1-2-7(6-8)9-14-4-5-15-9/h1-3,6,9,14H,4-5H2/t9-/m1/s1. The number of halogens is 3. The second-order valence-corrected chi connectivity index (χ2v) is 4.54. The van der Waals surface area contributed by atoms with Gasteiger partial charge in [-0.05, 0) is 17.7 Å². The Morgan fingerprint density at radius 3 is 2.73 bits per heavy atom. The molecular formula is C10H10F3NS. The van der Waals surface area contributed by atoms with Crippen molar-refractivity contribution in [2.24, 2.45) is 0 Å². The molecule has 1 N–H and O–H groups in total. The largest absolute Gasteiger partial charge is 0.416 e. The van der Waals surface area contributed by atoms with Crippen LogP contribution in [0.25, 0.3) is 0 Å². The van der Waals surface area contributed by atoms with E-state index in [0.717, 1.165) is 18.4 Å². The average molecular weight is 233 g/mol. The minimum Gasteiger partial charge on any atom is -0.301 e. The van der Waals surface area contributed by atoms with Crippen LogP contribution in [0.1, 0.15) is 16.5 Å². The summed E-state index contributed by atoms with van der Waals surface area (Å²) in [7, 11) is 0. The first-order chi connectivity index (χ1) is 7.07. The summed E-state index contributed by atoms with van der Waals surface area (Å²) in [6.07, 6.45) is -4.25. The number of benzene rings is 1.